The highest BCUT2D eigenvalue weighted by atomic mass is 32.2. The number of carboxylic acid groups (broad SMARTS) is 1. The molecular weight excluding hydrogens is 689 g/mol. The fourth-order valence-electron chi connectivity index (χ4n) is 4.18. The molecule has 5 heterocycles. The van der Waals surface area contributed by atoms with E-state index in [0.717, 1.165) is 51.8 Å². The van der Waals surface area contributed by atoms with E-state index >= 15 is 0 Å². The summed E-state index contributed by atoms with van der Waals surface area (Å²) >= 11 is 4.34. The number of thioether (sulfide) groups is 2. The molecule has 3 aromatic rings. The molecule has 0 bridgehead atoms. The fourth-order valence-corrected chi connectivity index (χ4v) is 7.91. The van der Waals surface area contributed by atoms with Gasteiger partial charge in [-0.3, -0.25) is 19.3 Å². The van der Waals surface area contributed by atoms with E-state index in [1.165, 1.54) is 17.1 Å². The van der Waals surface area contributed by atoms with Crippen LogP contribution in [0.2, 0.25) is 0 Å². The van der Waals surface area contributed by atoms with E-state index in [1.54, 1.807) is 6.92 Å². The Balaban J connectivity index is 1.30. The summed E-state index contributed by atoms with van der Waals surface area (Å²) in [6.07, 6.45) is 0.760. The number of carboxylic acids is 1. The Labute approximate surface area is 274 Å². The summed E-state index contributed by atoms with van der Waals surface area (Å²) in [4.78, 5) is 73.0. The molecule has 2 aliphatic heterocycles. The third-order valence-electron chi connectivity index (χ3n) is 6.28. The summed E-state index contributed by atoms with van der Waals surface area (Å²) in [5, 5.41) is 40.2. The molecule has 0 unspecified atom stereocenters. The molecule has 6 N–H and O–H groups in total. The van der Waals surface area contributed by atoms with Crippen LogP contribution in [0, 0.1) is 0 Å². The number of amides is 2. The maximum atomic E-state index is 13.3. The molecule has 2 atom stereocenters. The first kappa shape index (κ1) is 32.7. The average molecular weight is 711 g/mol. The molecule has 0 aromatic carbocycles. The smallest absolute Gasteiger partial charge is 0.361 e. The van der Waals surface area contributed by atoms with E-state index in [4.69, 9.17) is 15.3 Å². The zero-order chi connectivity index (χ0) is 33.1. The lowest BCUT2D eigenvalue weighted by Crippen LogP contribution is -2.71. The lowest BCUT2D eigenvalue weighted by Gasteiger charge is -2.49. The van der Waals surface area contributed by atoms with Gasteiger partial charge in [0, 0.05) is 23.0 Å². The molecule has 18 nitrogen and oxygen atoms in total. The van der Waals surface area contributed by atoms with Crippen molar-refractivity contribution in [2.45, 2.75) is 29.2 Å². The second kappa shape index (κ2) is 13.8. The highest BCUT2D eigenvalue weighted by Crippen LogP contribution is 2.42. The number of nitrogens with two attached hydrogens (primary N) is 1. The molecule has 242 valence electrons. The Morgan fingerprint density at radius 1 is 1.30 bits per heavy atom. The molecule has 46 heavy (non-hydrogen) atoms. The molecule has 22 heteroatoms. The summed E-state index contributed by atoms with van der Waals surface area (Å²) in [5.41, 5.74) is 4.68. The summed E-state index contributed by atoms with van der Waals surface area (Å²) in [7, 11) is 0. The Bertz CT molecular complexity index is 1840. The number of esters is 1. The van der Waals surface area contributed by atoms with E-state index in [2.05, 4.69) is 25.0 Å². The van der Waals surface area contributed by atoms with Crippen LogP contribution in [0.3, 0.4) is 0 Å². The van der Waals surface area contributed by atoms with Gasteiger partial charge in [0.2, 0.25) is 5.43 Å². The maximum Gasteiger partial charge on any atom is 0.361 e. The number of carbonyl (C=O) groups is 4. The van der Waals surface area contributed by atoms with Gasteiger partial charge in [-0.2, -0.15) is 4.73 Å². The lowest BCUT2D eigenvalue weighted by atomic mass is 10.0. The van der Waals surface area contributed by atoms with Crippen LogP contribution in [0.4, 0.5) is 5.13 Å². The number of aromatic hydroxyl groups is 1. The number of aliphatic carboxylic acids is 1. The minimum atomic E-state index is -1.34. The number of pyridine rings is 1. The highest BCUT2D eigenvalue weighted by Gasteiger charge is 2.54. The zero-order valence-corrected chi connectivity index (χ0v) is 26.6. The van der Waals surface area contributed by atoms with E-state index in [9.17, 15) is 39.4 Å². The number of nitrogens with zero attached hydrogens (tertiary/aromatic N) is 6. The minimum Gasteiger partial charge on any atom is -0.503 e. The van der Waals surface area contributed by atoms with Crippen molar-refractivity contribution in [1.82, 2.24) is 29.5 Å². The van der Waals surface area contributed by atoms with Gasteiger partial charge in [0.25, 0.3) is 11.8 Å². The molecule has 2 aliphatic rings. The molecule has 1 fully saturated rings. The van der Waals surface area contributed by atoms with Crippen molar-refractivity contribution in [3.8, 4) is 5.75 Å². The van der Waals surface area contributed by atoms with Crippen LogP contribution in [-0.4, -0.2) is 98.6 Å². The number of fused-ring (bicyclic) bond motifs is 1. The molecule has 2 amide bonds. The van der Waals surface area contributed by atoms with Crippen molar-refractivity contribution in [3.05, 3.63) is 56.2 Å². The maximum absolute atomic E-state index is 13.3. The third kappa shape index (κ3) is 6.63. The van der Waals surface area contributed by atoms with E-state index in [-0.39, 0.29) is 51.7 Å². The first-order valence-corrected chi connectivity index (χ1v) is 16.6. The van der Waals surface area contributed by atoms with Gasteiger partial charge in [0.05, 0.1) is 12.8 Å². The van der Waals surface area contributed by atoms with Crippen molar-refractivity contribution >= 4 is 81.0 Å². The van der Waals surface area contributed by atoms with Crippen LogP contribution in [0.15, 0.2) is 43.1 Å². The second-order valence-corrected chi connectivity index (χ2v) is 13.2. The van der Waals surface area contributed by atoms with Crippen molar-refractivity contribution in [2.75, 3.05) is 23.8 Å². The Morgan fingerprint density at radius 3 is 2.78 bits per heavy atom. The number of hydrogen-bond donors (Lipinski definition) is 5. The average Bonchev–Trinajstić information content (AvgIpc) is 3.67. The molecule has 1 saturated heterocycles. The number of aromatic nitrogens is 4. The molecule has 0 spiro atoms. The second-order valence-electron chi connectivity index (χ2n) is 9.18. The number of rotatable bonds is 12. The van der Waals surface area contributed by atoms with Gasteiger partial charge < -0.3 is 36.0 Å². The van der Waals surface area contributed by atoms with Crippen molar-refractivity contribution in [1.29, 1.82) is 0 Å². The standard InChI is InChI=1S/C24H22N8O10S4/c1-2-41-22(39)16-23(46-30-28-16)44-7-9-6-43-20-15(19(36)32(20)17(9)21(37)38)27-18(35)14(11-8-45-24(25)26-11)29-42-5-10-3-12(33)13(34)4-31(10)40/h3-4,8,15,20,34,40H,2,5-7H2,1H3,(H2,25,26)(H,27,35)(H,37,38)/t15-,20-/m1/s1. The number of carbonyl (C=O) groups excluding carboxylic acids is 3. The van der Waals surface area contributed by atoms with Crippen LogP contribution in [0.25, 0.3) is 0 Å². The molecule has 5 rings (SSSR count). The van der Waals surface area contributed by atoms with E-state index in [0.29, 0.717) is 14.5 Å². The first-order chi connectivity index (χ1) is 22.0. The minimum absolute atomic E-state index is 0.0113. The number of nitrogen functional groups attached to an aromatic ring is 1. The Morgan fingerprint density at radius 2 is 2.09 bits per heavy atom. The Hall–Kier alpha value is -4.67. The number of thiazole rings is 1. The Kier molecular flexibility index (Phi) is 9.79. The number of oxime groups is 1. The van der Waals surface area contributed by atoms with Crippen molar-refractivity contribution < 1.29 is 44.2 Å². The lowest BCUT2D eigenvalue weighted by molar-refractivity contribution is -0.150. The number of hydrogen-bond acceptors (Lipinski definition) is 18. The number of ether oxygens (including phenoxy) is 1. The zero-order valence-electron chi connectivity index (χ0n) is 23.3. The van der Waals surface area contributed by atoms with Gasteiger partial charge in [-0.1, -0.05) is 9.64 Å². The quantitative estimate of drug-likeness (QED) is 0.0423. The van der Waals surface area contributed by atoms with Crippen LogP contribution in [0.5, 0.6) is 5.75 Å². The molecule has 0 saturated carbocycles. The summed E-state index contributed by atoms with van der Waals surface area (Å²) in [6.45, 7) is 1.30. The first-order valence-electron chi connectivity index (χ1n) is 12.9. The molecule has 3 aromatic heterocycles. The number of β-lactam (4-membered cyclic amide) rings is 1. The van der Waals surface area contributed by atoms with Gasteiger partial charge in [0.15, 0.2) is 28.9 Å². The number of anilines is 1. The summed E-state index contributed by atoms with van der Waals surface area (Å²) < 4.78 is 9.64. The van der Waals surface area contributed by atoms with Gasteiger partial charge in [-0.15, -0.1) is 40.0 Å². The monoisotopic (exact) mass is 710 g/mol. The molecule has 0 aliphatic carbocycles. The van der Waals surface area contributed by atoms with Gasteiger partial charge in [-0.25, -0.2) is 14.6 Å². The van der Waals surface area contributed by atoms with Crippen LogP contribution < -0.4 is 16.5 Å². The van der Waals surface area contributed by atoms with Crippen LogP contribution in [0.1, 0.15) is 28.8 Å². The predicted molar refractivity (Wildman–Crippen MR) is 164 cm³/mol. The van der Waals surface area contributed by atoms with Crippen molar-refractivity contribution in [2.24, 2.45) is 5.16 Å². The summed E-state index contributed by atoms with van der Waals surface area (Å²) in [6, 6.07) is -0.218. The number of nitrogens with one attached hydrogen (secondary N) is 1. The van der Waals surface area contributed by atoms with Crippen LogP contribution >= 0.6 is 46.4 Å². The molecule has 0 radical (unpaired) electrons. The van der Waals surface area contributed by atoms with Crippen molar-refractivity contribution in [3.63, 3.8) is 0 Å². The molecular formula is C24H22N8O10S4. The van der Waals surface area contributed by atoms with E-state index < -0.39 is 53.0 Å². The predicted octanol–water partition coefficient (Wildman–Crippen LogP) is 0.310. The van der Waals surface area contributed by atoms with Crippen LogP contribution in [-0.2, 0) is 30.6 Å². The topological polar surface area (TPSA) is 262 Å². The van der Waals surface area contributed by atoms with Gasteiger partial charge in [-0.05, 0) is 24.0 Å². The largest absolute Gasteiger partial charge is 0.503 e. The SMILES string of the molecule is CCOC(=O)c1nnsc1SCC1=C(C(=O)O)N2C(=O)[C@@H](NC(=O)C(=NOCc3cc(=O)c(O)cn3O)c3csc(N)n3)[C@H]2SC1. The fraction of sp³-hybridized carbons (Fsp3) is 0.292. The normalized spacial score (nSPS) is 17.7. The van der Waals surface area contributed by atoms with Gasteiger partial charge >= 0.3 is 11.9 Å². The highest BCUT2D eigenvalue weighted by molar-refractivity contribution is 8.02. The summed E-state index contributed by atoms with van der Waals surface area (Å²) in [5.74, 6) is -3.91. The van der Waals surface area contributed by atoms with Gasteiger partial charge in [0.1, 0.15) is 32.7 Å². The third-order valence-corrected chi connectivity index (χ3v) is 10.3. The van der Waals surface area contributed by atoms with E-state index in [1.807, 2.05) is 0 Å².